The molecule has 28 heavy (non-hydrogen) atoms. The van der Waals surface area contributed by atoms with Crippen molar-refractivity contribution in [3.63, 3.8) is 0 Å². The van der Waals surface area contributed by atoms with Gasteiger partial charge in [0.15, 0.2) is 6.23 Å². The summed E-state index contributed by atoms with van der Waals surface area (Å²) in [6.45, 7) is 9.35. The normalized spacial score (nSPS) is 15.6. The lowest BCUT2D eigenvalue weighted by Gasteiger charge is -2.24. The molecule has 6 heteroatoms. The fourth-order valence-corrected chi connectivity index (χ4v) is 2.76. The molecule has 1 unspecified atom stereocenters. The van der Waals surface area contributed by atoms with Gasteiger partial charge < -0.3 is 14.8 Å². The number of fused-ring (bicyclic) bond motifs is 1. The molecule has 0 amide bonds. The summed E-state index contributed by atoms with van der Waals surface area (Å²) in [5, 5.41) is 10.8. The average Bonchev–Trinajstić information content (AvgIpc) is 2.95. The summed E-state index contributed by atoms with van der Waals surface area (Å²) in [6.07, 6.45) is 0.494. The molecule has 0 saturated carbocycles. The Kier molecular flexibility index (Phi) is 5.30. The molecular formula is C22H25N3O3. The molecule has 2 heterocycles. The molecule has 0 radical (unpaired) electrons. The lowest BCUT2D eigenvalue weighted by molar-refractivity contribution is -0.154. The van der Waals surface area contributed by atoms with E-state index in [1.165, 1.54) is 11.2 Å². The van der Waals surface area contributed by atoms with Crippen molar-refractivity contribution >= 4 is 18.1 Å². The Morgan fingerprint density at radius 3 is 2.61 bits per heavy atom. The van der Waals surface area contributed by atoms with E-state index in [9.17, 15) is 9.90 Å². The van der Waals surface area contributed by atoms with Gasteiger partial charge in [0.05, 0.1) is 11.0 Å². The molecule has 0 spiro atoms. The maximum atomic E-state index is 12.1. The topological polar surface area (TPSA) is 77.9 Å². The van der Waals surface area contributed by atoms with Crippen LogP contribution in [0.15, 0.2) is 29.3 Å². The lowest BCUT2D eigenvalue weighted by atomic mass is 9.97. The van der Waals surface area contributed by atoms with Crippen LogP contribution in [0.3, 0.4) is 0 Å². The van der Waals surface area contributed by atoms with E-state index in [0.29, 0.717) is 11.4 Å². The van der Waals surface area contributed by atoms with Crippen molar-refractivity contribution in [1.29, 1.82) is 0 Å². The fraction of sp³-hybridized carbons (Fsp3) is 0.364. The number of aryl methyl sites for hydroxylation is 2. The number of carbonyl (C=O) groups excluding carboxylic acids is 1. The number of rotatable bonds is 2. The third-order valence-electron chi connectivity index (χ3n) is 4.51. The maximum Gasteiger partial charge on any atom is 0.311 e. The summed E-state index contributed by atoms with van der Waals surface area (Å²) in [4.78, 5) is 21.0. The largest absolute Gasteiger partial charge is 0.460 e. The minimum atomic E-state index is -1.00. The van der Waals surface area contributed by atoms with Gasteiger partial charge in [-0.05, 0) is 52.7 Å². The number of H-pyrrole nitrogens is 1. The molecule has 1 aromatic carbocycles. The number of carbonyl (C=O) groups is 1. The van der Waals surface area contributed by atoms with Gasteiger partial charge >= 0.3 is 5.97 Å². The van der Waals surface area contributed by atoms with Crippen LogP contribution in [0.5, 0.6) is 0 Å². The van der Waals surface area contributed by atoms with Crippen LogP contribution in [0.2, 0.25) is 0 Å². The third-order valence-corrected chi connectivity index (χ3v) is 4.51. The number of aliphatic imine (C=N–C) groups is 1. The number of esters is 1. The van der Waals surface area contributed by atoms with Gasteiger partial charge in [-0.15, -0.1) is 0 Å². The number of aromatic nitrogens is 1. The first-order chi connectivity index (χ1) is 13.2. The molecule has 6 nitrogen and oxygen atoms in total. The molecule has 1 aliphatic heterocycles. The van der Waals surface area contributed by atoms with Crippen LogP contribution in [0.25, 0.3) is 0 Å². The number of hydrogen-bond acceptors (Lipinski definition) is 5. The van der Waals surface area contributed by atoms with Gasteiger partial charge in [-0.1, -0.05) is 17.7 Å². The summed E-state index contributed by atoms with van der Waals surface area (Å²) in [7, 11) is 0. The SMILES string of the molecule is Cc1ccc(C#CN2C=Nc3[nH]c(C)c(COC(=O)C(C)(C)C)c3C2O)cc1. The summed E-state index contributed by atoms with van der Waals surface area (Å²) < 4.78 is 5.45. The quantitative estimate of drug-likeness (QED) is 0.616. The molecule has 3 rings (SSSR count). The Hall–Kier alpha value is -3.04. The molecule has 2 aromatic rings. The zero-order valence-corrected chi connectivity index (χ0v) is 16.8. The van der Waals surface area contributed by atoms with Gasteiger partial charge in [-0.2, -0.15) is 0 Å². The number of hydrogen-bond donors (Lipinski definition) is 2. The average molecular weight is 379 g/mol. The first-order valence-electron chi connectivity index (χ1n) is 9.14. The van der Waals surface area contributed by atoms with Gasteiger partial charge in [0, 0.05) is 22.9 Å². The zero-order chi connectivity index (χ0) is 20.5. The highest BCUT2D eigenvalue weighted by molar-refractivity contribution is 5.75. The molecule has 0 aliphatic carbocycles. The molecule has 146 valence electrons. The van der Waals surface area contributed by atoms with Gasteiger partial charge in [-0.3, -0.25) is 9.69 Å². The molecule has 1 atom stereocenters. The second kappa shape index (κ2) is 7.53. The van der Waals surface area contributed by atoms with Crippen molar-refractivity contribution in [2.24, 2.45) is 10.4 Å². The van der Waals surface area contributed by atoms with Crippen molar-refractivity contribution in [2.75, 3.05) is 0 Å². The van der Waals surface area contributed by atoms with Gasteiger partial charge in [0.25, 0.3) is 0 Å². The summed E-state index contributed by atoms with van der Waals surface area (Å²) in [5.74, 6) is 3.28. The molecular weight excluding hydrogens is 354 g/mol. The zero-order valence-electron chi connectivity index (χ0n) is 16.8. The van der Waals surface area contributed by atoms with E-state index in [-0.39, 0.29) is 12.6 Å². The van der Waals surface area contributed by atoms with Crippen molar-refractivity contribution in [3.05, 3.63) is 52.2 Å². The van der Waals surface area contributed by atoms with Crippen LogP contribution in [-0.2, 0) is 16.1 Å². The number of ether oxygens (including phenoxy) is 1. The third kappa shape index (κ3) is 4.10. The second-order valence-corrected chi connectivity index (χ2v) is 7.95. The maximum absolute atomic E-state index is 12.1. The van der Waals surface area contributed by atoms with E-state index in [0.717, 1.165) is 22.4 Å². The highest BCUT2D eigenvalue weighted by atomic mass is 16.5. The number of aliphatic hydroxyl groups is 1. The minimum Gasteiger partial charge on any atom is -0.460 e. The Morgan fingerprint density at radius 2 is 1.96 bits per heavy atom. The predicted octanol–water partition coefficient (Wildman–Crippen LogP) is 3.70. The number of nitrogens with zero attached hydrogens (tertiary/aromatic N) is 2. The van der Waals surface area contributed by atoms with Gasteiger partial charge in [0.2, 0.25) is 0 Å². The number of aromatic amines is 1. The van der Waals surface area contributed by atoms with Crippen molar-refractivity contribution < 1.29 is 14.6 Å². The molecule has 0 saturated heterocycles. The molecule has 2 N–H and O–H groups in total. The van der Waals surface area contributed by atoms with E-state index in [4.69, 9.17) is 4.74 Å². The summed E-state index contributed by atoms with van der Waals surface area (Å²) in [6, 6.07) is 10.8. The highest BCUT2D eigenvalue weighted by Crippen LogP contribution is 2.36. The van der Waals surface area contributed by atoms with Crippen LogP contribution in [0.1, 0.15) is 54.9 Å². The summed E-state index contributed by atoms with van der Waals surface area (Å²) in [5.41, 5.74) is 3.52. The monoisotopic (exact) mass is 379 g/mol. The smallest absolute Gasteiger partial charge is 0.311 e. The Labute approximate surface area is 165 Å². The van der Waals surface area contributed by atoms with Crippen LogP contribution >= 0.6 is 0 Å². The fourth-order valence-electron chi connectivity index (χ4n) is 2.76. The minimum absolute atomic E-state index is 0.0690. The van der Waals surface area contributed by atoms with E-state index in [1.54, 1.807) is 20.8 Å². The number of aliphatic hydroxyl groups excluding tert-OH is 1. The van der Waals surface area contributed by atoms with Crippen molar-refractivity contribution in [2.45, 2.75) is 47.5 Å². The second-order valence-electron chi connectivity index (χ2n) is 7.95. The van der Waals surface area contributed by atoms with Crippen LogP contribution in [0.4, 0.5) is 5.82 Å². The number of benzene rings is 1. The van der Waals surface area contributed by atoms with E-state index < -0.39 is 11.6 Å². The number of nitrogens with one attached hydrogen (secondary N) is 1. The van der Waals surface area contributed by atoms with Gasteiger partial charge in [-0.25, -0.2) is 4.99 Å². The first-order valence-corrected chi connectivity index (χ1v) is 9.14. The molecule has 1 aromatic heterocycles. The standard InChI is InChI=1S/C22H25N3O3/c1-14-6-8-16(9-7-14)10-11-25-13-23-19-18(20(25)26)17(15(2)24-19)12-28-21(27)22(3,4)5/h6-9,13,20,24,26H,12H2,1-5H3. The lowest BCUT2D eigenvalue weighted by Crippen LogP contribution is -2.26. The van der Waals surface area contributed by atoms with Crippen LogP contribution < -0.4 is 0 Å². The Morgan fingerprint density at radius 1 is 1.29 bits per heavy atom. The van der Waals surface area contributed by atoms with E-state index >= 15 is 0 Å². The Bertz CT molecular complexity index is 969. The predicted molar refractivity (Wildman–Crippen MR) is 108 cm³/mol. The van der Waals surface area contributed by atoms with Crippen molar-refractivity contribution in [3.8, 4) is 12.0 Å². The van der Waals surface area contributed by atoms with Crippen molar-refractivity contribution in [1.82, 2.24) is 9.88 Å². The molecule has 0 fully saturated rings. The molecule has 1 aliphatic rings. The summed E-state index contributed by atoms with van der Waals surface area (Å²) >= 11 is 0. The highest BCUT2D eigenvalue weighted by Gasteiger charge is 2.30. The van der Waals surface area contributed by atoms with E-state index in [2.05, 4.69) is 21.9 Å². The van der Waals surface area contributed by atoms with Crippen LogP contribution in [-0.4, -0.2) is 27.3 Å². The Balaban J connectivity index is 1.82. The molecule has 0 bridgehead atoms. The van der Waals surface area contributed by atoms with Crippen LogP contribution in [0, 0.1) is 31.2 Å². The first kappa shape index (κ1) is 19.7. The van der Waals surface area contributed by atoms with E-state index in [1.807, 2.05) is 38.1 Å². The van der Waals surface area contributed by atoms with Gasteiger partial charge in [0.1, 0.15) is 18.8 Å².